The second kappa shape index (κ2) is 8.11. The molecule has 0 aliphatic carbocycles. The summed E-state index contributed by atoms with van der Waals surface area (Å²) in [5.41, 5.74) is 0.240. The Morgan fingerprint density at radius 1 is 1.38 bits per heavy atom. The zero-order valence-electron chi connectivity index (χ0n) is 14.2. The molecule has 0 aliphatic rings. The van der Waals surface area contributed by atoms with Gasteiger partial charge in [0.25, 0.3) is 0 Å². The van der Waals surface area contributed by atoms with Crippen LogP contribution in [0.3, 0.4) is 0 Å². The van der Waals surface area contributed by atoms with Crippen molar-refractivity contribution in [3.05, 3.63) is 30.0 Å². The number of nitrogens with one attached hydrogen (secondary N) is 1. The molecule has 9 heteroatoms. The van der Waals surface area contributed by atoms with Crippen LogP contribution in [0, 0.1) is 0 Å². The number of pyridine rings is 1. The number of primary sulfonamides is 1. The quantitative estimate of drug-likeness (QED) is 0.746. The molecule has 1 rings (SSSR count). The molecule has 3 N–H and O–H groups in total. The van der Waals surface area contributed by atoms with Gasteiger partial charge in [0.2, 0.25) is 15.9 Å². The topological polar surface area (TPSA) is 121 Å². The normalized spacial score (nSPS) is 12.6. The van der Waals surface area contributed by atoms with E-state index in [-0.39, 0.29) is 23.9 Å². The number of alkyl carbamates (subject to hydrolysis) is 1. The van der Waals surface area contributed by atoms with Gasteiger partial charge in [0.05, 0.1) is 6.20 Å². The maximum Gasteiger partial charge on any atom is 0.407 e. The zero-order chi connectivity index (χ0) is 18.4. The van der Waals surface area contributed by atoms with E-state index in [1.165, 1.54) is 12.1 Å². The fourth-order valence-corrected chi connectivity index (χ4v) is 1.98. The average molecular weight is 357 g/mol. The maximum absolute atomic E-state index is 11.6. The van der Waals surface area contributed by atoms with E-state index < -0.39 is 21.7 Å². The molecule has 0 spiro atoms. The number of amides is 1. The van der Waals surface area contributed by atoms with Crippen LogP contribution < -0.4 is 15.2 Å². The third-order valence-corrected chi connectivity index (χ3v) is 3.61. The number of carbonyl (C=O) groups is 1. The van der Waals surface area contributed by atoms with E-state index in [2.05, 4.69) is 10.3 Å². The first-order chi connectivity index (χ1) is 11.0. The van der Waals surface area contributed by atoms with Crippen LogP contribution in [0.15, 0.2) is 34.9 Å². The van der Waals surface area contributed by atoms with Crippen LogP contribution in [0.2, 0.25) is 0 Å². The van der Waals surface area contributed by atoms with E-state index in [0.29, 0.717) is 0 Å². The predicted octanol–water partition coefficient (Wildman–Crippen LogP) is 1.58. The lowest BCUT2D eigenvalue weighted by Crippen LogP contribution is -2.34. The molecule has 0 unspecified atom stereocenters. The summed E-state index contributed by atoms with van der Waals surface area (Å²) >= 11 is 0. The predicted molar refractivity (Wildman–Crippen MR) is 89.1 cm³/mol. The van der Waals surface area contributed by atoms with Gasteiger partial charge in [0.15, 0.2) is 0 Å². The number of carbonyl (C=O) groups excluding carboxylic acids is 1. The van der Waals surface area contributed by atoms with Crippen LogP contribution >= 0.6 is 0 Å². The number of allylic oxidation sites excluding steroid dienone is 1. The lowest BCUT2D eigenvalue weighted by atomic mass is 10.2. The Bertz CT molecular complexity index is 691. The van der Waals surface area contributed by atoms with Crippen molar-refractivity contribution in [1.82, 2.24) is 10.3 Å². The minimum atomic E-state index is -3.78. The number of aromatic nitrogens is 1. The standard InChI is InChI=1S/C15H23N3O5S/c1-5-11(8-18-14(19)23-15(2,3)4)10-22-13-7-6-12(9-17-13)24(16,20)21/h5-7,9H,8,10H2,1-4H3,(H,18,19)(H2,16,20,21)/b11-5-. The molecule has 0 aliphatic heterocycles. The van der Waals surface area contributed by atoms with Crippen LogP contribution in [0.25, 0.3) is 0 Å². The van der Waals surface area contributed by atoms with Crippen LogP contribution in [-0.4, -0.2) is 38.2 Å². The summed E-state index contributed by atoms with van der Waals surface area (Å²) in [6, 6.07) is 2.72. The third kappa shape index (κ3) is 7.42. The van der Waals surface area contributed by atoms with Crippen LogP contribution in [0.1, 0.15) is 27.7 Å². The molecule has 1 aromatic rings. The van der Waals surface area contributed by atoms with E-state index in [9.17, 15) is 13.2 Å². The first-order valence-electron chi connectivity index (χ1n) is 7.24. The molecule has 0 bridgehead atoms. The molecule has 1 heterocycles. The van der Waals surface area contributed by atoms with Gasteiger partial charge in [0.1, 0.15) is 17.1 Å². The second-order valence-electron chi connectivity index (χ2n) is 5.97. The van der Waals surface area contributed by atoms with E-state index in [1.54, 1.807) is 26.8 Å². The molecule has 0 aromatic carbocycles. The SMILES string of the molecule is C/C=C(/CNC(=O)OC(C)(C)C)COc1ccc(S(N)(=O)=O)cn1. The van der Waals surface area contributed by atoms with Gasteiger partial charge in [-0.3, -0.25) is 0 Å². The Labute approximate surface area is 142 Å². The molecule has 24 heavy (non-hydrogen) atoms. The third-order valence-electron chi connectivity index (χ3n) is 2.71. The minimum Gasteiger partial charge on any atom is -0.473 e. The van der Waals surface area contributed by atoms with Crippen molar-refractivity contribution in [2.24, 2.45) is 5.14 Å². The Morgan fingerprint density at radius 2 is 2.04 bits per heavy atom. The van der Waals surface area contributed by atoms with Gasteiger partial charge in [-0.2, -0.15) is 0 Å². The number of sulfonamides is 1. The molecule has 0 radical (unpaired) electrons. The number of nitrogens with two attached hydrogens (primary N) is 1. The van der Waals surface area contributed by atoms with Crippen LogP contribution in [0.4, 0.5) is 4.79 Å². The van der Waals surface area contributed by atoms with Crippen molar-refractivity contribution in [1.29, 1.82) is 0 Å². The molecular formula is C15H23N3O5S. The number of hydrogen-bond acceptors (Lipinski definition) is 6. The number of nitrogens with zero attached hydrogens (tertiary/aromatic N) is 1. The largest absolute Gasteiger partial charge is 0.473 e. The molecule has 0 saturated heterocycles. The first-order valence-corrected chi connectivity index (χ1v) is 8.78. The van der Waals surface area contributed by atoms with Crippen molar-refractivity contribution >= 4 is 16.1 Å². The van der Waals surface area contributed by atoms with Crippen molar-refractivity contribution in [2.75, 3.05) is 13.2 Å². The summed E-state index contributed by atoms with van der Waals surface area (Å²) in [4.78, 5) is 15.4. The molecule has 0 atom stereocenters. The number of hydrogen-bond donors (Lipinski definition) is 2. The zero-order valence-corrected chi connectivity index (χ0v) is 15.0. The van der Waals surface area contributed by atoms with Gasteiger partial charge in [-0.25, -0.2) is 23.3 Å². The fourth-order valence-electron chi connectivity index (χ4n) is 1.52. The summed E-state index contributed by atoms with van der Waals surface area (Å²) in [5, 5.41) is 7.62. The minimum absolute atomic E-state index is 0.0901. The van der Waals surface area contributed by atoms with Gasteiger partial charge in [-0.05, 0) is 39.3 Å². The summed E-state index contributed by atoms with van der Waals surface area (Å²) in [6.07, 6.45) is 2.41. The monoisotopic (exact) mass is 357 g/mol. The van der Waals surface area contributed by atoms with E-state index >= 15 is 0 Å². The molecule has 0 saturated carbocycles. The smallest absolute Gasteiger partial charge is 0.407 e. The summed E-state index contributed by atoms with van der Waals surface area (Å²) in [6.45, 7) is 7.61. The second-order valence-corrected chi connectivity index (χ2v) is 7.53. The maximum atomic E-state index is 11.6. The number of ether oxygens (including phenoxy) is 2. The van der Waals surface area contributed by atoms with Gasteiger partial charge in [-0.15, -0.1) is 0 Å². The van der Waals surface area contributed by atoms with E-state index in [0.717, 1.165) is 11.8 Å². The van der Waals surface area contributed by atoms with Crippen molar-refractivity contribution in [2.45, 2.75) is 38.2 Å². The highest BCUT2D eigenvalue weighted by molar-refractivity contribution is 7.89. The van der Waals surface area contributed by atoms with E-state index in [1.807, 2.05) is 6.92 Å². The van der Waals surface area contributed by atoms with Gasteiger partial charge >= 0.3 is 6.09 Å². The van der Waals surface area contributed by atoms with Crippen molar-refractivity contribution in [3.63, 3.8) is 0 Å². The van der Waals surface area contributed by atoms with Crippen LogP contribution in [-0.2, 0) is 14.8 Å². The molecule has 1 aromatic heterocycles. The fraction of sp³-hybridized carbons (Fsp3) is 0.467. The highest BCUT2D eigenvalue weighted by Gasteiger charge is 2.16. The first kappa shape index (κ1) is 19.9. The Kier molecular flexibility index (Phi) is 6.73. The average Bonchev–Trinajstić information content (AvgIpc) is 2.45. The van der Waals surface area contributed by atoms with Gasteiger partial charge < -0.3 is 14.8 Å². The summed E-state index contributed by atoms with van der Waals surface area (Å²) < 4.78 is 32.9. The number of rotatable bonds is 6. The van der Waals surface area contributed by atoms with Crippen molar-refractivity contribution in [3.8, 4) is 5.88 Å². The molecule has 0 fully saturated rings. The van der Waals surface area contributed by atoms with Gasteiger partial charge in [-0.1, -0.05) is 6.08 Å². The Morgan fingerprint density at radius 3 is 2.50 bits per heavy atom. The van der Waals surface area contributed by atoms with E-state index in [4.69, 9.17) is 14.6 Å². The molecule has 8 nitrogen and oxygen atoms in total. The lowest BCUT2D eigenvalue weighted by Gasteiger charge is -2.20. The Hall–Kier alpha value is -2.13. The molecule has 134 valence electrons. The summed E-state index contributed by atoms with van der Waals surface area (Å²) in [5.74, 6) is 0.249. The highest BCUT2D eigenvalue weighted by Crippen LogP contribution is 2.12. The van der Waals surface area contributed by atoms with Crippen LogP contribution in [0.5, 0.6) is 5.88 Å². The van der Waals surface area contributed by atoms with Crippen molar-refractivity contribution < 1.29 is 22.7 Å². The van der Waals surface area contributed by atoms with Gasteiger partial charge in [0, 0.05) is 12.6 Å². The lowest BCUT2D eigenvalue weighted by molar-refractivity contribution is 0.0531. The summed E-state index contributed by atoms with van der Waals surface area (Å²) in [7, 11) is -3.78. The Balaban J connectivity index is 2.51. The molecular weight excluding hydrogens is 334 g/mol. The molecule has 1 amide bonds. The highest BCUT2D eigenvalue weighted by atomic mass is 32.2.